The van der Waals surface area contributed by atoms with Crippen molar-refractivity contribution in [1.29, 1.82) is 0 Å². The predicted octanol–water partition coefficient (Wildman–Crippen LogP) is 3.70. The SMILES string of the molecule is CCNC(=O)CSc1nnc(-c2cc(OC)c(OC)c(OC)c2)n1C1CCCCC1. The Morgan fingerprint density at radius 1 is 1.10 bits per heavy atom. The van der Waals surface area contributed by atoms with Gasteiger partial charge < -0.3 is 19.5 Å². The minimum absolute atomic E-state index is 0.00460. The Morgan fingerprint density at radius 3 is 2.33 bits per heavy atom. The van der Waals surface area contributed by atoms with Crippen LogP contribution in [0.15, 0.2) is 17.3 Å². The molecule has 0 bridgehead atoms. The Hall–Kier alpha value is -2.42. The highest BCUT2D eigenvalue weighted by Gasteiger charge is 2.26. The fraction of sp³-hybridized carbons (Fsp3) is 0.571. The number of hydrogen-bond acceptors (Lipinski definition) is 7. The summed E-state index contributed by atoms with van der Waals surface area (Å²) in [6, 6.07) is 4.09. The van der Waals surface area contributed by atoms with Gasteiger partial charge in [-0.1, -0.05) is 31.0 Å². The molecule has 9 heteroatoms. The molecule has 1 amide bonds. The summed E-state index contributed by atoms with van der Waals surface area (Å²) in [5.41, 5.74) is 0.840. The summed E-state index contributed by atoms with van der Waals surface area (Å²) in [7, 11) is 4.78. The summed E-state index contributed by atoms with van der Waals surface area (Å²) in [5.74, 6) is 2.74. The maximum absolute atomic E-state index is 12.0. The fourth-order valence-corrected chi connectivity index (χ4v) is 4.66. The van der Waals surface area contributed by atoms with Gasteiger partial charge in [0.2, 0.25) is 11.7 Å². The van der Waals surface area contributed by atoms with Gasteiger partial charge in [0, 0.05) is 18.2 Å². The molecule has 30 heavy (non-hydrogen) atoms. The van der Waals surface area contributed by atoms with Crippen LogP contribution >= 0.6 is 11.8 Å². The van der Waals surface area contributed by atoms with Crippen molar-refractivity contribution < 1.29 is 19.0 Å². The van der Waals surface area contributed by atoms with E-state index in [2.05, 4.69) is 20.1 Å². The van der Waals surface area contributed by atoms with Gasteiger partial charge in [-0.2, -0.15) is 0 Å². The number of ether oxygens (including phenoxy) is 3. The average molecular weight is 435 g/mol. The van der Waals surface area contributed by atoms with Crippen LogP contribution in [0.5, 0.6) is 17.2 Å². The van der Waals surface area contributed by atoms with Gasteiger partial charge >= 0.3 is 0 Å². The zero-order valence-corrected chi connectivity index (χ0v) is 18.9. The number of carbonyl (C=O) groups excluding carboxylic acids is 1. The topological polar surface area (TPSA) is 87.5 Å². The van der Waals surface area contributed by atoms with E-state index >= 15 is 0 Å². The van der Waals surface area contributed by atoms with E-state index in [0.29, 0.717) is 35.6 Å². The molecule has 1 aromatic carbocycles. The van der Waals surface area contributed by atoms with Crippen LogP contribution in [-0.4, -0.2) is 54.3 Å². The van der Waals surface area contributed by atoms with Crippen LogP contribution in [0.3, 0.4) is 0 Å². The second kappa shape index (κ2) is 10.6. The number of carbonyl (C=O) groups is 1. The van der Waals surface area contributed by atoms with Crippen LogP contribution in [0.25, 0.3) is 11.4 Å². The van der Waals surface area contributed by atoms with E-state index in [1.807, 2.05) is 19.1 Å². The second-order valence-corrected chi connectivity index (χ2v) is 8.07. The number of aromatic nitrogens is 3. The Labute approximate surface area is 181 Å². The summed E-state index contributed by atoms with van der Waals surface area (Å²) < 4.78 is 18.7. The molecule has 1 aliphatic rings. The minimum Gasteiger partial charge on any atom is -0.493 e. The summed E-state index contributed by atoms with van der Waals surface area (Å²) in [6.45, 7) is 2.53. The lowest BCUT2D eigenvalue weighted by Crippen LogP contribution is -2.24. The Morgan fingerprint density at radius 2 is 1.77 bits per heavy atom. The van der Waals surface area contributed by atoms with Crippen molar-refractivity contribution in [3.05, 3.63) is 12.1 Å². The van der Waals surface area contributed by atoms with Gasteiger partial charge in [-0.25, -0.2) is 0 Å². The van der Waals surface area contributed by atoms with Crippen LogP contribution in [0.1, 0.15) is 45.1 Å². The molecule has 2 aromatic rings. The zero-order valence-electron chi connectivity index (χ0n) is 18.1. The van der Waals surface area contributed by atoms with Crippen molar-refractivity contribution in [2.75, 3.05) is 33.6 Å². The Balaban J connectivity index is 2.02. The molecule has 8 nitrogen and oxygen atoms in total. The quantitative estimate of drug-likeness (QED) is 0.602. The molecule has 0 aliphatic heterocycles. The fourth-order valence-electron chi connectivity index (χ4n) is 3.83. The molecule has 164 valence electrons. The van der Waals surface area contributed by atoms with Gasteiger partial charge in [0.1, 0.15) is 0 Å². The molecule has 1 N–H and O–H groups in total. The van der Waals surface area contributed by atoms with Gasteiger partial charge in [-0.3, -0.25) is 9.36 Å². The zero-order chi connectivity index (χ0) is 21.5. The molecule has 1 aromatic heterocycles. The maximum atomic E-state index is 12.0. The Bertz CT molecular complexity index is 840. The van der Waals surface area contributed by atoms with E-state index < -0.39 is 0 Å². The van der Waals surface area contributed by atoms with Crippen molar-refractivity contribution in [3.8, 4) is 28.6 Å². The van der Waals surface area contributed by atoms with E-state index in [1.54, 1.807) is 21.3 Å². The largest absolute Gasteiger partial charge is 0.493 e. The molecular weight excluding hydrogens is 404 g/mol. The molecule has 0 atom stereocenters. The molecular formula is C21H30N4O4S. The number of amides is 1. The lowest BCUT2D eigenvalue weighted by Gasteiger charge is -2.26. The second-order valence-electron chi connectivity index (χ2n) is 7.12. The lowest BCUT2D eigenvalue weighted by molar-refractivity contribution is -0.118. The van der Waals surface area contributed by atoms with E-state index in [4.69, 9.17) is 14.2 Å². The molecule has 1 fully saturated rings. The van der Waals surface area contributed by atoms with Crippen molar-refractivity contribution in [2.45, 2.75) is 50.2 Å². The highest BCUT2D eigenvalue weighted by Crippen LogP contribution is 2.42. The summed E-state index contributed by atoms with van der Waals surface area (Å²) in [6.07, 6.45) is 5.75. The van der Waals surface area contributed by atoms with Crippen LogP contribution < -0.4 is 19.5 Å². The third-order valence-corrected chi connectivity index (χ3v) is 6.18. The summed E-state index contributed by atoms with van der Waals surface area (Å²) >= 11 is 1.42. The first-order chi connectivity index (χ1) is 14.6. The monoisotopic (exact) mass is 434 g/mol. The minimum atomic E-state index is -0.00460. The van der Waals surface area contributed by atoms with E-state index in [-0.39, 0.29) is 5.91 Å². The normalized spacial score (nSPS) is 14.4. The number of nitrogens with zero attached hydrogens (tertiary/aromatic N) is 3. The molecule has 1 heterocycles. The molecule has 3 rings (SSSR count). The van der Waals surface area contributed by atoms with Crippen LogP contribution in [-0.2, 0) is 4.79 Å². The third kappa shape index (κ3) is 4.83. The van der Waals surface area contributed by atoms with Gasteiger partial charge in [0.15, 0.2) is 22.5 Å². The van der Waals surface area contributed by atoms with Crippen molar-refractivity contribution in [2.24, 2.45) is 0 Å². The Kier molecular flexibility index (Phi) is 7.84. The van der Waals surface area contributed by atoms with Gasteiger partial charge in [0.05, 0.1) is 27.1 Å². The molecule has 0 spiro atoms. The molecule has 0 unspecified atom stereocenters. The summed E-state index contributed by atoms with van der Waals surface area (Å²) in [5, 5.41) is 12.5. The van der Waals surface area contributed by atoms with Crippen LogP contribution in [0, 0.1) is 0 Å². The van der Waals surface area contributed by atoms with Crippen LogP contribution in [0.4, 0.5) is 0 Å². The predicted molar refractivity (Wildman–Crippen MR) is 117 cm³/mol. The number of hydrogen-bond donors (Lipinski definition) is 1. The summed E-state index contributed by atoms with van der Waals surface area (Å²) in [4.78, 5) is 12.0. The maximum Gasteiger partial charge on any atom is 0.230 e. The number of nitrogens with one attached hydrogen (secondary N) is 1. The van der Waals surface area contributed by atoms with Gasteiger partial charge in [0.25, 0.3) is 0 Å². The average Bonchev–Trinajstić information content (AvgIpc) is 3.21. The van der Waals surface area contributed by atoms with E-state index in [0.717, 1.165) is 29.4 Å². The van der Waals surface area contributed by atoms with Gasteiger partial charge in [-0.15, -0.1) is 10.2 Å². The lowest BCUT2D eigenvalue weighted by atomic mass is 9.95. The number of thioether (sulfide) groups is 1. The highest BCUT2D eigenvalue weighted by atomic mass is 32.2. The molecule has 0 saturated heterocycles. The van der Waals surface area contributed by atoms with Gasteiger partial charge in [-0.05, 0) is 31.9 Å². The first kappa shape index (κ1) is 22.3. The molecule has 1 saturated carbocycles. The standard InChI is InChI=1S/C21H30N4O4S/c1-5-22-18(26)13-30-21-24-23-20(25(21)15-9-7-6-8-10-15)14-11-16(27-2)19(29-4)17(12-14)28-3/h11-12,15H,5-10,13H2,1-4H3,(H,22,26). The smallest absolute Gasteiger partial charge is 0.230 e. The van der Waals surface area contributed by atoms with Crippen molar-refractivity contribution in [3.63, 3.8) is 0 Å². The first-order valence-corrected chi connectivity index (χ1v) is 11.3. The molecule has 0 radical (unpaired) electrons. The third-order valence-electron chi connectivity index (χ3n) is 5.23. The molecule has 1 aliphatic carbocycles. The van der Waals surface area contributed by atoms with E-state index in [9.17, 15) is 4.79 Å². The number of methoxy groups -OCH3 is 3. The van der Waals surface area contributed by atoms with Crippen LogP contribution in [0.2, 0.25) is 0 Å². The highest BCUT2D eigenvalue weighted by molar-refractivity contribution is 7.99. The first-order valence-electron chi connectivity index (χ1n) is 10.3. The van der Waals surface area contributed by atoms with Crippen molar-refractivity contribution >= 4 is 17.7 Å². The van der Waals surface area contributed by atoms with Crippen molar-refractivity contribution in [1.82, 2.24) is 20.1 Å². The number of rotatable bonds is 9. The van der Waals surface area contributed by atoms with E-state index in [1.165, 1.54) is 31.0 Å². The number of benzene rings is 1.